The van der Waals surface area contributed by atoms with Crippen molar-refractivity contribution in [3.05, 3.63) is 29.8 Å². The number of amides is 2. The minimum absolute atomic E-state index is 0.0168. The van der Waals surface area contributed by atoms with Gasteiger partial charge in [0.15, 0.2) is 0 Å². The van der Waals surface area contributed by atoms with Crippen molar-refractivity contribution in [1.29, 1.82) is 0 Å². The highest BCUT2D eigenvalue weighted by molar-refractivity contribution is 5.94. The number of nitrogens with zero attached hydrogens (tertiary/aromatic N) is 2. The number of hydrogen-bond donors (Lipinski definition) is 1. The molecule has 1 aromatic rings. The number of rotatable bonds is 9. The van der Waals surface area contributed by atoms with E-state index in [1.54, 1.807) is 31.4 Å². The first-order valence-corrected chi connectivity index (χ1v) is 9.57. The number of piperazine rings is 1. The standard InChI is InChI=1S/C20H31N3O3/c1-3-4-5-13-23(14-10-19(24)22-15-11-21-12-16-22)20(25)17-6-8-18(26-2)9-7-17/h6-9,21H,3-5,10-16H2,1-2H3. The number of methoxy groups -OCH3 is 1. The molecule has 1 heterocycles. The number of carbonyl (C=O) groups excluding carboxylic acids is 2. The smallest absolute Gasteiger partial charge is 0.253 e. The van der Waals surface area contributed by atoms with Gasteiger partial charge in [-0.1, -0.05) is 19.8 Å². The van der Waals surface area contributed by atoms with Crippen molar-refractivity contribution in [2.45, 2.75) is 32.6 Å². The molecule has 2 rings (SSSR count). The van der Waals surface area contributed by atoms with E-state index in [9.17, 15) is 9.59 Å². The Morgan fingerprint density at radius 2 is 1.81 bits per heavy atom. The molecule has 0 atom stereocenters. The van der Waals surface area contributed by atoms with Gasteiger partial charge in [0, 0.05) is 51.3 Å². The van der Waals surface area contributed by atoms with Crippen LogP contribution in [0.15, 0.2) is 24.3 Å². The van der Waals surface area contributed by atoms with Crippen molar-refractivity contribution in [3.8, 4) is 5.75 Å². The Morgan fingerprint density at radius 3 is 2.42 bits per heavy atom. The second-order valence-corrected chi connectivity index (χ2v) is 6.61. The summed E-state index contributed by atoms with van der Waals surface area (Å²) in [5.41, 5.74) is 0.636. The Balaban J connectivity index is 1.96. The molecule has 1 saturated heterocycles. The molecule has 1 aliphatic heterocycles. The molecule has 0 saturated carbocycles. The second kappa shape index (κ2) is 10.8. The molecule has 0 aromatic heterocycles. The van der Waals surface area contributed by atoms with E-state index in [-0.39, 0.29) is 11.8 Å². The van der Waals surface area contributed by atoms with Gasteiger partial charge in [-0.2, -0.15) is 0 Å². The first-order chi connectivity index (χ1) is 12.7. The zero-order valence-corrected chi connectivity index (χ0v) is 16.0. The van der Waals surface area contributed by atoms with Crippen LogP contribution in [-0.4, -0.2) is 68.0 Å². The van der Waals surface area contributed by atoms with Crippen LogP contribution in [0.25, 0.3) is 0 Å². The van der Waals surface area contributed by atoms with E-state index in [4.69, 9.17) is 4.74 Å². The predicted octanol–water partition coefficient (Wildman–Crippen LogP) is 2.15. The lowest BCUT2D eigenvalue weighted by Gasteiger charge is -2.29. The summed E-state index contributed by atoms with van der Waals surface area (Å²) < 4.78 is 5.15. The van der Waals surface area contributed by atoms with Gasteiger partial charge >= 0.3 is 0 Å². The minimum atomic E-state index is -0.0168. The molecule has 1 fully saturated rings. The van der Waals surface area contributed by atoms with E-state index >= 15 is 0 Å². The number of unbranched alkanes of at least 4 members (excludes halogenated alkanes) is 2. The van der Waals surface area contributed by atoms with Crippen molar-refractivity contribution >= 4 is 11.8 Å². The Bertz CT molecular complexity index is 568. The molecule has 0 aliphatic carbocycles. The van der Waals surface area contributed by atoms with Gasteiger partial charge in [0.2, 0.25) is 5.91 Å². The highest BCUT2D eigenvalue weighted by Gasteiger charge is 2.20. The Kier molecular flexibility index (Phi) is 8.41. The Hall–Kier alpha value is -2.08. The number of nitrogens with one attached hydrogen (secondary N) is 1. The van der Waals surface area contributed by atoms with Crippen LogP contribution in [0.2, 0.25) is 0 Å². The SMILES string of the molecule is CCCCCN(CCC(=O)N1CCNCC1)C(=O)c1ccc(OC)cc1. The van der Waals surface area contributed by atoms with Gasteiger partial charge in [-0.05, 0) is 30.7 Å². The zero-order valence-electron chi connectivity index (χ0n) is 16.0. The van der Waals surface area contributed by atoms with Gasteiger partial charge in [0.25, 0.3) is 5.91 Å². The molecular formula is C20H31N3O3. The summed E-state index contributed by atoms with van der Waals surface area (Å²) >= 11 is 0. The zero-order chi connectivity index (χ0) is 18.8. The number of ether oxygens (including phenoxy) is 1. The van der Waals surface area contributed by atoms with Crippen LogP contribution in [0.5, 0.6) is 5.75 Å². The molecule has 1 aliphatic rings. The van der Waals surface area contributed by atoms with Gasteiger partial charge in [-0.15, -0.1) is 0 Å². The quantitative estimate of drug-likeness (QED) is 0.685. The van der Waals surface area contributed by atoms with Crippen molar-refractivity contribution < 1.29 is 14.3 Å². The molecule has 6 nitrogen and oxygen atoms in total. The van der Waals surface area contributed by atoms with Gasteiger partial charge in [0.05, 0.1) is 7.11 Å². The second-order valence-electron chi connectivity index (χ2n) is 6.61. The largest absolute Gasteiger partial charge is 0.497 e. The molecule has 0 radical (unpaired) electrons. The first-order valence-electron chi connectivity index (χ1n) is 9.57. The van der Waals surface area contributed by atoms with Crippen LogP contribution in [-0.2, 0) is 4.79 Å². The van der Waals surface area contributed by atoms with Crippen LogP contribution in [0.1, 0.15) is 43.0 Å². The summed E-state index contributed by atoms with van der Waals surface area (Å²) in [6, 6.07) is 7.16. The lowest BCUT2D eigenvalue weighted by molar-refractivity contribution is -0.131. The molecule has 144 valence electrons. The average Bonchev–Trinajstić information content (AvgIpc) is 2.70. The summed E-state index contributed by atoms with van der Waals surface area (Å²) in [5.74, 6) is 0.847. The molecule has 0 unspecified atom stereocenters. The van der Waals surface area contributed by atoms with Crippen molar-refractivity contribution in [2.24, 2.45) is 0 Å². The maximum Gasteiger partial charge on any atom is 0.253 e. The monoisotopic (exact) mass is 361 g/mol. The maximum atomic E-state index is 12.9. The molecule has 6 heteroatoms. The molecule has 0 spiro atoms. The predicted molar refractivity (Wildman–Crippen MR) is 102 cm³/mol. The maximum absolute atomic E-state index is 12.9. The van der Waals surface area contributed by atoms with Gasteiger partial charge in [-0.25, -0.2) is 0 Å². The normalized spacial score (nSPS) is 14.2. The number of carbonyl (C=O) groups is 2. The summed E-state index contributed by atoms with van der Waals surface area (Å²) in [7, 11) is 1.61. The summed E-state index contributed by atoms with van der Waals surface area (Å²) in [6.07, 6.45) is 3.52. The first kappa shape index (κ1) is 20.2. The summed E-state index contributed by atoms with van der Waals surface area (Å²) in [6.45, 7) is 6.49. The molecular weight excluding hydrogens is 330 g/mol. The highest BCUT2D eigenvalue weighted by atomic mass is 16.5. The molecule has 1 N–H and O–H groups in total. The van der Waals surface area contributed by atoms with Crippen LogP contribution < -0.4 is 10.1 Å². The topological polar surface area (TPSA) is 61.9 Å². The van der Waals surface area contributed by atoms with Gasteiger partial charge in [0.1, 0.15) is 5.75 Å². The third-order valence-electron chi connectivity index (χ3n) is 4.72. The minimum Gasteiger partial charge on any atom is -0.497 e. The summed E-state index contributed by atoms with van der Waals surface area (Å²) in [5, 5.41) is 3.25. The van der Waals surface area contributed by atoms with Crippen LogP contribution in [0.4, 0.5) is 0 Å². The van der Waals surface area contributed by atoms with E-state index in [0.29, 0.717) is 25.1 Å². The molecule has 26 heavy (non-hydrogen) atoms. The van der Waals surface area contributed by atoms with Crippen LogP contribution >= 0.6 is 0 Å². The lowest BCUT2D eigenvalue weighted by atomic mass is 10.1. The molecule has 0 bridgehead atoms. The lowest BCUT2D eigenvalue weighted by Crippen LogP contribution is -2.47. The third kappa shape index (κ3) is 6.02. The van der Waals surface area contributed by atoms with E-state index < -0.39 is 0 Å². The van der Waals surface area contributed by atoms with Gasteiger partial charge in [-0.3, -0.25) is 9.59 Å². The van der Waals surface area contributed by atoms with E-state index in [1.807, 2.05) is 9.80 Å². The molecule has 2 amide bonds. The fraction of sp³-hybridized carbons (Fsp3) is 0.600. The van der Waals surface area contributed by atoms with Crippen molar-refractivity contribution in [2.75, 3.05) is 46.4 Å². The van der Waals surface area contributed by atoms with E-state index in [2.05, 4.69) is 12.2 Å². The number of benzene rings is 1. The van der Waals surface area contributed by atoms with Crippen LogP contribution in [0, 0.1) is 0 Å². The van der Waals surface area contributed by atoms with Crippen LogP contribution in [0.3, 0.4) is 0 Å². The van der Waals surface area contributed by atoms with E-state index in [0.717, 1.165) is 51.2 Å². The van der Waals surface area contributed by atoms with Crippen molar-refractivity contribution in [1.82, 2.24) is 15.1 Å². The fourth-order valence-electron chi connectivity index (χ4n) is 3.09. The average molecular weight is 361 g/mol. The fourth-order valence-corrected chi connectivity index (χ4v) is 3.09. The summed E-state index contributed by atoms with van der Waals surface area (Å²) in [4.78, 5) is 29.0. The van der Waals surface area contributed by atoms with Gasteiger partial charge < -0.3 is 19.9 Å². The molecule has 1 aromatic carbocycles. The number of hydrogen-bond acceptors (Lipinski definition) is 4. The Labute approximate surface area is 156 Å². The third-order valence-corrected chi connectivity index (χ3v) is 4.72. The highest BCUT2D eigenvalue weighted by Crippen LogP contribution is 2.14. The van der Waals surface area contributed by atoms with Crippen molar-refractivity contribution in [3.63, 3.8) is 0 Å². The van der Waals surface area contributed by atoms with E-state index in [1.165, 1.54) is 0 Å². The Morgan fingerprint density at radius 1 is 1.12 bits per heavy atom.